The van der Waals surface area contributed by atoms with Crippen LogP contribution < -0.4 is 5.32 Å². The molecule has 1 unspecified atom stereocenters. The molecule has 104 valence electrons. The predicted octanol–water partition coefficient (Wildman–Crippen LogP) is 1.60. The first-order valence-corrected chi connectivity index (χ1v) is 6.58. The van der Waals surface area contributed by atoms with Crippen LogP contribution in [-0.2, 0) is 13.1 Å². The van der Waals surface area contributed by atoms with Crippen LogP contribution in [0.1, 0.15) is 29.7 Å². The molecule has 2 aromatic rings. The lowest BCUT2D eigenvalue weighted by Gasteiger charge is -2.13. The topological polar surface area (TPSA) is 73.9 Å². The lowest BCUT2D eigenvalue weighted by Crippen LogP contribution is -2.17. The molecule has 1 atom stereocenters. The van der Waals surface area contributed by atoms with Crippen molar-refractivity contribution in [2.45, 2.75) is 26.1 Å². The summed E-state index contributed by atoms with van der Waals surface area (Å²) in [6.45, 7) is 3.41. The largest absolute Gasteiger partial charge is 0.394 e. The maximum atomic E-state index is 8.84. The van der Waals surface area contributed by atoms with Crippen molar-refractivity contribution in [3.8, 4) is 6.07 Å². The van der Waals surface area contributed by atoms with E-state index in [1.807, 2.05) is 30.5 Å². The van der Waals surface area contributed by atoms with E-state index in [9.17, 15) is 0 Å². The van der Waals surface area contributed by atoms with Crippen molar-refractivity contribution in [1.82, 2.24) is 15.1 Å². The lowest BCUT2D eigenvalue weighted by molar-refractivity contribution is 0.269. The van der Waals surface area contributed by atoms with Crippen LogP contribution in [0.15, 0.2) is 36.7 Å². The first-order chi connectivity index (χ1) is 9.72. The van der Waals surface area contributed by atoms with Gasteiger partial charge in [-0.15, -0.1) is 0 Å². The molecular weight excluding hydrogens is 252 g/mol. The third-order valence-corrected chi connectivity index (χ3v) is 3.17. The predicted molar refractivity (Wildman–Crippen MR) is 75.7 cm³/mol. The Balaban J connectivity index is 1.90. The van der Waals surface area contributed by atoms with Gasteiger partial charge in [-0.2, -0.15) is 10.4 Å². The molecule has 0 aliphatic heterocycles. The maximum Gasteiger partial charge on any atom is 0.0991 e. The van der Waals surface area contributed by atoms with E-state index >= 15 is 0 Å². The van der Waals surface area contributed by atoms with E-state index in [2.05, 4.69) is 23.4 Å². The third kappa shape index (κ3) is 3.67. The Labute approximate surface area is 118 Å². The van der Waals surface area contributed by atoms with Gasteiger partial charge in [-0.25, -0.2) is 0 Å². The first kappa shape index (κ1) is 14.3. The van der Waals surface area contributed by atoms with E-state index in [1.54, 1.807) is 10.9 Å². The van der Waals surface area contributed by atoms with E-state index < -0.39 is 0 Å². The second-order valence-electron chi connectivity index (χ2n) is 4.67. The Kier molecular flexibility index (Phi) is 4.88. The number of benzene rings is 1. The summed E-state index contributed by atoms with van der Waals surface area (Å²) in [5.74, 6) is 0. The van der Waals surface area contributed by atoms with Crippen LogP contribution in [0, 0.1) is 11.3 Å². The van der Waals surface area contributed by atoms with Crippen molar-refractivity contribution in [1.29, 1.82) is 5.26 Å². The minimum atomic E-state index is 0.0934. The highest BCUT2D eigenvalue weighted by atomic mass is 16.3. The second kappa shape index (κ2) is 6.85. The van der Waals surface area contributed by atoms with Gasteiger partial charge in [-0.05, 0) is 24.6 Å². The minimum Gasteiger partial charge on any atom is -0.394 e. The summed E-state index contributed by atoms with van der Waals surface area (Å²) in [4.78, 5) is 0. The number of hydrogen-bond acceptors (Lipinski definition) is 4. The Hall–Kier alpha value is -2.16. The fourth-order valence-electron chi connectivity index (χ4n) is 1.96. The van der Waals surface area contributed by atoms with Gasteiger partial charge in [0.05, 0.1) is 31.0 Å². The Morgan fingerprint density at radius 3 is 2.80 bits per heavy atom. The van der Waals surface area contributed by atoms with Gasteiger partial charge in [-0.3, -0.25) is 4.68 Å². The molecule has 2 N–H and O–H groups in total. The van der Waals surface area contributed by atoms with Gasteiger partial charge in [0, 0.05) is 24.3 Å². The molecule has 0 bridgehead atoms. The molecule has 0 spiro atoms. The highest BCUT2D eigenvalue weighted by Gasteiger charge is 2.06. The smallest absolute Gasteiger partial charge is 0.0991 e. The van der Waals surface area contributed by atoms with Crippen molar-refractivity contribution in [3.05, 3.63) is 53.3 Å². The molecule has 0 radical (unpaired) electrons. The van der Waals surface area contributed by atoms with Crippen molar-refractivity contribution in [2.24, 2.45) is 0 Å². The van der Waals surface area contributed by atoms with Crippen LogP contribution in [0.4, 0.5) is 0 Å². The highest BCUT2D eigenvalue weighted by Crippen LogP contribution is 2.13. The van der Waals surface area contributed by atoms with Crippen LogP contribution in [0.2, 0.25) is 0 Å². The molecule has 1 heterocycles. The van der Waals surface area contributed by atoms with Crippen LogP contribution in [0.25, 0.3) is 0 Å². The minimum absolute atomic E-state index is 0.0934. The second-order valence-corrected chi connectivity index (χ2v) is 4.67. The SMILES string of the molecule is CC(NCc1cnn(CCO)c1)c1ccc(C#N)cc1. The zero-order valence-electron chi connectivity index (χ0n) is 11.5. The molecule has 0 saturated heterocycles. The van der Waals surface area contributed by atoms with E-state index in [0.29, 0.717) is 18.7 Å². The average molecular weight is 270 g/mol. The molecule has 0 amide bonds. The molecule has 5 nitrogen and oxygen atoms in total. The fourth-order valence-corrected chi connectivity index (χ4v) is 1.96. The molecule has 20 heavy (non-hydrogen) atoms. The van der Waals surface area contributed by atoms with E-state index in [1.165, 1.54) is 0 Å². The fraction of sp³-hybridized carbons (Fsp3) is 0.333. The average Bonchev–Trinajstić information content (AvgIpc) is 2.93. The van der Waals surface area contributed by atoms with Gasteiger partial charge in [0.25, 0.3) is 0 Å². The number of rotatable bonds is 6. The normalized spacial score (nSPS) is 12.1. The number of hydrogen-bond donors (Lipinski definition) is 2. The summed E-state index contributed by atoms with van der Waals surface area (Å²) < 4.78 is 1.73. The van der Waals surface area contributed by atoms with Crippen molar-refractivity contribution < 1.29 is 5.11 Å². The molecule has 0 saturated carbocycles. The molecule has 0 aliphatic rings. The van der Waals surface area contributed by atoms with Crippen LogP contribution in [-0.4, -0.2) is 21.5 Å². The van der Waals surface area contributed by atoms with Crippen molar-refractivity contribution >= 4 is 0 Å². The maximum absolute atomic E-state index is 8.84. The van der Waals surface area contributed by atoms with Gasteiger partial charge in [0.15, 0.2) is 0 Å². The highest BCUT2D eigenvalue weighted by molar-refractivity contribution is 5.32. The molecule has 1 aromatic carbocycles. The van der Waals surface area contributed by atoms with E-state index in [0.717, 1.165) is 11.1 Å². The van der Waals surface area contributed by atoms with E-state index in [-0.39, 0.29) is 12.6 Å². The molecule has 0 aliphatic carbocycles. The number of nitriles is 1. The first-order valence-electron chi connectivity index (χ1n) is 6.58. The summed E-state index contributed by atoms with van der Waals surface area (Å²) in [6, 6.07) is 9.89. The van der Waals surface area contributed by atoms with Gasteiger partial charge >= 0.3 is 0 Å². The quantitative estimate of drug-likeness (QED) is 0.836. The Morgan fingerprint density at radius 1 is 1.40 bits per heavy atom. The number of aromatic nitrogens is 2. The van der Waals surface area contributed by atoms with E-state index in [4.69, 9.17) is 10.4 Å². The monoisotopic (exact) mass is 270 g/mol. The van der Waals surface area contributed by atoms with Gasteiger partial charge in [-0.1, -0.05) is 12.1 Å². The van der Waals surface area contributed by atoms with Gasteiger partial charge < -0.3 is 10.4 Å². The van der Waals surface area contributed by atoms with Gasteiger partial charge in [0.2, 0.25) is 0 Å². The van der Waals surface area contributed by atoms with Crippen molar-refractivity contribution in [2.75, 3.05) is 6.61 Å². The standard InChI is InChI=1S/C15H18N4O/c1-12(15-4-2-13(8-16)3-5-15)17-9-14-10-18-19(11-14)6-7-20/h2-5,10-12,17,20H,6-7,9H2,1H3. The Morgan fingerprint density at radius 2 is 2.15 bits per heavy atom. The zero-order chi connectivity index (χ0) is 14.4. The summed E-state index contributed by atoms with van der Waals surface area (Å²) >= 11 is 0. The molecule has 2 rings (SSSR count). The third-order valence-electron chi connectivity index (χ3n) is 3.17. The summed E-state index contributed by atoms with van der Waals surface area (Å²) in [5.41, 5.74) is 2.90. The number of nitrogens with zero attached hydrogens (tertiary/aromatic N) is 3. The van der Waals surface area contributed by atoms with Crippen LogP contribution in [0.5, 0.6) is 0 Å². The van der Waals surface area contributed by atoms with Gasteiger partial charge in [0.1, 0.15) is 0 Å². The molecule has 1 aromatic heterocycles. The zero-order valence-corrected chi connectivity index (χ0v) is 11.5. The van der Waals surface area contributed by atoms with Crippen molar-refractivity contribution in [3.63, 3.8) is 0 Å². The number of aliphatic hydroxyl groups excluding tert-OH is 1. The van der Waals surface area contributed by atoms with Crippen LogP contribution in [0.3, 0.4) is 0 Å². The Bertz CT molecular complexity index is 583. The molecule has 0 fully saturated rings. The summed E-state index contributed by atoms with van der Waals surface area (Å²) in [5, 5.41) is 25.2. The lowest BCUT2D eigenvalue weighted by atomic mass is 10.1. The molecule has 5 heteroatoms. The molecular formula is C15H18N4O. The summed E-state index contributed by atoms with van der Waals surface area (Å²) in [7, 11) is 0. The number of nitrogens with one attached hydrogen (secondary N) is 1. The summed E-state index contributed by atoms with van der Waals surface area (Å²) in [6.07, 6.45) is 3.73. The number of aliphatic hydroxyl groups is 1. The van der Waals surface area contributed by atoms with Crippen LogP contribution >= 0.6 is 0 Å².